The van der Waals surface area contributed by atoms with Crippen molar-refractivity contribution in [1.82, 2.24) is 14.8 Å². The van der Waals surface area contributed by atoms with Gasteiger partial charge in [0.2, 0.25) is 5.91 Å². The summed E-state index contributed by atoms with van der Waals surface area (Å²) in [6.45, 7) is 4.02. The fourth-order valence-corrected chi connectivity index (χ4v) is 4.11. The molecule has 0 fully saturated rings. The second kappa shape index (κ2) is 10.6. The summed E-state index contributed by atoms with van der Waals surface area (Å²) in [5.74, 6) is 1.29. The Labute approximate surface area is 200 Å². The van der Waals surface area contributed by atoms with Crippen LogP contribution in [0.5, 0.6) is 5.75 Å². The smallest absolute Gasteiger partial charge is 0.234 e. The van der Waals surface area contributed by atoms with Crippen molar-refractivity contribution in [2.45, 2.75) is 31.5 Å². The number of carbonyl (C=O) groups excluding carboxylic acids is 1. The molecule has 1 N–H and O–H groups in total. The minimum Gasteiger partial charge on any atom is -0.483 e. The Balaban J connectivity index is 1.59. The van der Waals surface area contributed by atoms with E-state index < -0.39 is 0 Å². The molecule has 1 amide bonds. The van der Waals surface area contributed by atoms with Crippen molar-refractivity contribution in [3.05, 3.63) is 62.9 Å². The molecular formula is C21H21Cl3N4O2S. The molecule has 0 saturated carbocycles. The summed E-state index contributed by atoms with van der Waals surface area (Å²) in [7, 11) is 1.84. The SMILES string of the molecule is CCc1ccc(O[C@H](C)c2nnc(SCC(=O)Nc3cc(Cl)c(Cl)cc3Cl)n2C)cc1. The van der Waals surface area contributed by atoms with Gasteiger partial charge in [0.25, 0.3) is 0 Å². The number of nitrogens with one attached hydrogen (secondary N) is 1. The number of nitrogens with zero attached hydrogens (tertiary/aromatic N) is 3. The predicted octanol–water partition coefficient (Wildman–Crippen LogP) is 6.21. The van der Waals surface area contributed by atoms with Crippen LogP contribution in [0.2, 0.25) is 15.1 Å². The largest absolute Gasteiger partial charge is 0.483 e. The lowest BCUT2D eigenvalue weighted by Crippen LogP contribution is -2.15. The lowest BCUT2D eigenvalue weighted by Gasteiger charge is -2.14. The van der Waals surface area contributed by atoms with E-state index in [1.807, 2.05) is 42.8 Å². The third-order valence-corrected chi connectivity index (χ3v) is 6.55. The molecule has 10 heteroatoms. The average Bonchev–Trinajstić information content (AvgIpc) is 3.11. The molecule has 0 aliphatic heterocycles. The number of benzene rings is 2. The van der Waals surface area contributed by atoms with Gasteiger partial charge in [-0.15, -0.1) is 10.2 Å². The highest BCUT2D eigenvalue weighted by Crippen LogP contribution is 2.32. The summed E-state index contributed by atoms with van der Waals surface area (Å²) in [4.78, 5) is 12.3. The van der Waals surface area contributed by atoms with Gasteiger partial charge < -0.3 is 14.6 Å². The number of halogens is 3. The molecule has 0 unspecified atom stereocenters. The zero-order valence-corrected chi connectivity index (χ0v) is 20.2. The van der Waals surface area contributed by atoms with Crippen molar-refractivity contribution in [1.29, 1.82) is 0 Å². The van der Waals surface area contributed by atoms with Crippen LogP contribution in [0.3, 0.4) is 0 Å². The Morgan fingerprint density at radius 1 is 1.13 bits per heavy atom. The van der Waals surface area contributed by atoms with Crippen LogP contribution in [0, 0.1) is 0 Å². The molecule has 6 nitrogen and oxygen atoms in total. The average molecular weight is 500 g/mol. The van der Waals surface area contributed by atoms with Crippen molar-refractivity contribution < 1.29 is 9.53 Å². The quantitative estimate of drug-likeness (QED) is 0.295. The summed E-state index contributed by atoms with van der Waals surface area (Å²) in [6.07, 6.45) is 0.674. The van der Waals surface area contributed by atoms with Crippen molar-refractivity contribution in [3.8, 4) is 5.75 Å². The van der Waals surface area contributed by atoms with E-state index in [0.717, 1.165) is 12.2 Å². The predicted molar refractivity (Wildman–Crippen MR) is 127 cm³/mol. The highest BCUT2D eigenvalue weighted by atomic mass is 35.5. The summed E-state index contributed by atoms with van der Waals surface area (Å²) in [5, 5.41) is 12.7. The fourth-order valence-electron chi connectivity index (χ4n) is 2.80. The number of rotatable bonds is 8. The molecule has 2 aromatic carbocycles. The molecule has 164 valence electrons. The van der Waals surface area contributed by atoms with Crippen LogP contribution in [0.1, 0.15) is 31.3 Å². The first kappa shape index (κ1) is 23.7. The highest BCUT2D eigenvalue weighted by Gasteiger charge is 2.18. The van der Waals surface area contributed by atoms with Crippen molar-refractivity contribution >= 4 is 58.2 Å². The number of carbonyl (C=O) groups is 1. The number of hydrogen-bond acceptors (Lipinski definition) is 5. The molecule has 0 aliphatic carbocycles. The fraction of sp³-hybridized carbons (Fsp3) is 0.286. The van der Waals surface area contributed by atoms with Gasteiger partial charge in [-0.3, -0.25) is 4.79 Å². The number of thioether (sulfide) groups is 1. The minimum absolute atomic E-state index is 0.121. The van der Waals surface area contributed by atoms with Crippen molar-refractivity contribution in [2.24, 2.45) is 7.05 Å². The van der Waals surface area contributed by atoms with Gasteiger partial charge in [-0.25, -0.2) is 0 Å². The first-order valence-electron chi connectivity index (χ1n) is 9.50. The molecule has 1 aromatic heterocycles. The first-order chi connectivity index (χ1) is 14.8. The Hall–Kier alpha value is -1.93. The molecule has 0 aliphatic rings. The zero-order chi connectivity index (χ0) is 22.5. The lowest BCUT2D eigenvalue weighted by atomic mass is 10.2. The normalized spacial score (nSPS) is 11.9. The monoisotopic (exact) mass is 498 g/mol. The maximum Gasteiger partial charge on any atom is 0.234 e. The summed E-state index contributed by atoms with van der Waals surface area (Å²) in [6, 6.07) is 11.0. The standard InChI is InChI=1S/C21H21Cl3N4O2S/c1-4-13-5-7-14(8-6-13)30-12(2)20-26-27-21(28(20)3)31-11-19(29)25-18-10-16(23)15(22)9-17(18)24/h5-10,12H,4,11H2,1-3H3,(H,25,29)/t12-/m1/s1. The maximum absolute atomic E-state index is 12.3. The van der Waals surface area contributed by atoms with Gasteiger partial charge in [0.15, 0.2) is 17.1 Å². The van der Waals surface area contributed by atoms with Gasteiger partial charge >= 0.3 is 0 Å². The van der Waals surface area contributed by atoms with E-state index in [-0.39, 0.29) is 17.8 Å². The van der Waals surface area contributed by atoms with Crippen LogP contribution in [-0.4, -0.2) is 26.4 Å². The molecule has 3 aromatic rings. The number of amides is 1. The number of hydrogen-bond donors (Lipinski definition) is 1. The number of ether oxygens (including phenoxy) is 1. The van der Waals surface area contributed by atoms with Gasteiger partial charge in [0, 0.05) is 7.05 Å². The second-order valence-electron chi connectivity index (χ2n) is 6.74. The summed E-state index contributed by atoms with van der Waals surface area (Å²) >= 11 is 19.3. The van der Waals surface area contributed by atoms with Gasteiger partial charge in [-0.2, -0.15) is 0 Å². The van der Waals surface area contributed by atoms with E-state index in [4.69, 9.17) is 39.5 Å². The molecular weight excluding hydrogens is 479 g/mol. The molecule has 0 spiro atoms. The van der Waals surface area contributed by atoms with E-state index in [1.54, 1.807) is 0 Å². The zero-order valence-electron chi connectivity index (χ0n) is 17.2. The number of aryl methyl sites for hydroxylation is 1. The van der Waals surface area contributed by atoms with Gasteiger partial charge in [-0.1, -0.05) is 65.6 Å². The molecule has 0 radical (unpaired) electrons. The maximum atomic E-state index is 12.3. The van der Waals surface area contributed by atoms with E-state index >= 15 is 0 Å². The van der Waals surface area contributed by atoms with E-state index in [0.29, 0.717) is 31.7 Å². The van der Waals surface area contributed by atoms with Crippen LogP contribution in [0.15, 0.2) is 41.6 Å². The van der Waals surface area contributed by atoms with Crippen LogP contribution >= 0.6 is 46.6 Å². The van der Waals surface area contributed by atoms with Crippen LogP contribution < -0.4 is 10.1 Å². The number of aromatic nitrogens is 3. The molecule has 0 saturated heterocycles. The van der Waals surface area contributed by atoms with Crippen LogP contribution in [-0.2, 0) is 18.3 Å². The third kappa shape index (κ3) is 6.07. The summed E-state index contributed by atoms with van der Waals surface area (Å²) in [5.41, 5.74) is 1.65. The number of anilines is 1. The highest BCUT2D eigenvalue weighted by molar-refractivity contribution is 7.99. The minimum atomic E-state index is -0.303. The lowest BCUT2D eigenvalue weighted by molar-refractivity contribution is -0.113. The van der Waals surface area contributed by atoms with E-state index in [1.165, 1.54) is 29.5 Å². The Bertz CT molecular complexity index is 1070. The molecule has 3 rings (SSSR count). The Morgan fingerprint density at radius 3 is 2.48 bits per heavy atom. The van der Waals surface area contributed by atoms with Gasteiger partial charge in [-0.05, 0) is 43.2 Å². The van der Waals surface area contributed by atoms with Crippen molar-refractivity contribution in [2.75, 3.05) is 11.1 Å². The topological polar surface area (TPSA) is 69.0 Å². The summed E-state index contributed by atoms with van der Waals surface area (Å²) < 4.78 is 7.80. The second-order valence-corrected chi connectivity index (χ2v) is 8.90. The van der Waals surface area contributed by atoms with Crippen LogP contribution in [0.4, 0.5) is 5.69 Å². The van der Waals surface area contributed by atoms with Crippen LogP contribution in [0.25, 0.3) is 0 Å². The Morgan fingerprint density at radius 2 is 1.81 bits per heavy atom. The molecule has 0 bridgehead atoms. The van der Waals surface area contributed by atoms with E-state index in [9.17, 15) is 4.79 Å². The van der Waals surface area contributed by atoms with E-state index in [2.05, 4.69) is 22.4 Å². The van der Waals surface area contributed by atoms with Gasteiger partial charge in [0.1, 0.15) is 5.75 Å². The molecule has 1 atom stereocenters. The third-order valence-electron chi connectivity index (χ3n) is 4.49. The van der Waals surface area contributed by atoms with Crippen molar-refractivity contribution in [3.63, 3.8) is 0 Å². The van der Waals surface area contributed by atoms with Gasteiger partial charge in [0.05, 0.1) is 26.5 Å². The first-order valence-corrected chi connectivity index (χ1v) is 11.6. The molecule has 31 heavy (non-hydrogen) atoms. The molecule has 1 heterocycles. The Kier molecular flexibility index (Phi) is 8.11.